The monoisotopic (exact) mass is 201 g/mol. The number of thiocarbonyl (C=S) groups is 1. The smallest absolute Gasteiger partial charge is 0.411 e. The zero-order chi connectivity index (χ0) is 8.27. The molecule has 2 radical (unpaired) electrons. The Balaban J connectivity index is 0. The van der Waals surface area contributed by atoms with Gasteiger partial charge in [-0.3, -0.25) is 0 Å². The van der Waals surface area contributed by atoms with Crippen LogP contribution in [0.1, 0.15) is 32.1 Å². The first-order valence-corrected chi connectivity index (χ1v) is 4.84. The third kappa shape index (κ3) is 5.68. The molecule has 0 atom stereocenters. The summed E-state index contributed by atoms with van der Waals surface area (Å²) in [5.74, 6) is 0. The van der Waals surface area contributed by atoms with Crippen molar-refractivity contribution in [2.75, 3.05) is 0 Å². The van der Waals surface area contributed by atoms with Gasteiger partial charge in [-0.15, -0.1) is 0 Å². The molecule has 0 bridgehead atoms. The second kappa shape index (κ2) is 8.60. The predicted octanol–water partition coefficient (Wildman–Crippen LogP) is -1.13. The normalized spacial score (nSPS) is 16.7. The maximum Gasteiger partial charge on any atom is 1.00 e. The largest absolute Gasteiger partial charge is 1.00 e. The van der Waals surface area contributed by atoms with Crippen molar-refractivity contribution in [2.45, 2.75) is 38.1 Å². The Morgan fingerprint density at radius 2 is 1.77 bits per heavy atom. The summed E-state index contributed by atoms with van der Waals surface area (Å²) in [6, 6.07) is 0.522. The van der Waals surface area contributed by atoms with Gasteiger partial charge in [-0.2, -0.15) is 0 Å². The van der Waals surface area contributed by atoms with Crippen LogP contribution < -0.4 is 18.9 Å². The first kappa shape index (κ1) is 16.7. The minimum Gasteiger partial charge on any atom is -0.411 e. The summed E-state index contributed by atoms with van der Waals surface area (Å²) in [6.45, 7) is 0. The van der Waals surface area contributed by atoms with Crippen molar-refractivity contribution in [3.63, 3.8) is 0 Å². The SMILES string of the molecule is [CH2]N(C(=S)[S-])C1CCCCC1.[Li+].[Li]. The zero-order valence-corrected chi connectivity index (χ0v) is 10.2. The maximum atomic E-state index is 4.88. The van der Waals surface area contributed by atoms with E-state index in [-0.39, 0.29) is 37.7 Å². The molecule has 0 spiro atoms. The van der Waals surface area contributed by atoms with Crippen molar-refractivity contribution in [1.29, 1.82) is 0 Å². The van der Waals surface area contributed by atoms with E-state index in [1.807, 2.05) is 4.90 Å². The summed E-state index contributed by atoms with van der Waals surface area (Å²) in [6.07, 6.45) is 6.37. The van der Waals surface area contributed by atoms with Crippen LogP contribution >= 0.6 is 12.2 Å². The van der Waals surface area contributed by atoms with Gasteiger partial charge >= 0.3 is 18.9 Å². The topological polar surface area (TPSA) is 3.24 Å². The first-order valence-electron chi connectivity index (χ1n) is 4.02. The summed E-state index contributed by atoms with van der Waals surface area (Å²) >= 11 is 9.75. The summed E-state index contributed by atoms with van der Waals surface area (Å²) < 4.78 is 0.511. The van der Waals surface area contributed by atoms with Gasteiger partial charge in [0.2, 0.25) is 0 Å². The quantitative estimate of drug-likeness (QED) is 0.300. The molecule has 0 saturated heterocycles. The van der Waals surface area contributed by atoms with Crippen molar-refractivity contribution in [2.24, 2.45) is 0 Å². The van der Waals surface area contributed by atoms with Crippen LogP contribution in [-0.4, -0.2) is 34.1 Å². The standard InChI is InChI=1S/C8H14NS2.2Li/c1-9(8(10)11)7-5-3-2-4-6-7;;/h7H,1-6H2,(H,10,11);;/q;;+1/p-1. The van der Waals surface area contributed by atoms with E-state index in [1.165, 1.54) is 32.1 Å². The predicted molar refractivity (Wildman–Crippen MR) is 59.8 cm³/mol. The van der Waals surface area contributed by atoms with E-state index in [4.69, 9.17) is 24.8 Å². The van der Waals surface area contributed by atoms with E-state index in [0.29, 0.717) is 10.4 Å². The van der Waals surface area contributed by atoms with Crippen LogP contribution in [0, 0.1) is 7.05 Å². The number of hydrogen-bond donors (Lipinski definition) is 0. The zero-order valence-electron chi connectivity index (χ0n) is 8.58. The molecule has 0 N–H and O–H groups in total. The fourth-order valence-electron chi connectivity index (χ4n) is 1.54. The molecule has 0 aromatic carbocycles. The average molecular weight is 201 g/mol. The fraction of sp³-hybridized carbons (Fsp3) is 0.750. The summed E-state index contributed by atoms with van der Waals surface area (Å²) in [4.78, 5) is 1.82. The Labute approximate surface area is 116 Å². The molecule has 64 valence electrons. The van der Waals surface area contributed by atoms with Gasteiger partial charge in [-0.05, 0) is 12.8 Å². The fourth-order valence-corrected chi connectivity index (χ4v) is 1.84. The molecular formula is C8H13Li2NS2. The van der Waals surface area contributed by atoms with Gasteiger partial charge in [0, 0.05) is 32.0 Å². The number of nitrogens with zero attached hydrogens (tertiary/aromatic N) is 1. The second-order valence-corrected chi connectivity index (χ2v) is 4.06. The molecule has 0 aromatic rings. The first-order chi connectivity index (χ1) is 5.22. The van der Waals surface area contributed by atoms with Gasteiger partial charge in [0.25, 0.3) is 0 Å². The van der Waals surface area contributed by atoms with E-state index in [2.05, 4.69) is 7.05 Å². The third-order valence-corrected chi connectivity index (χ3v) is 2.72. The van der Waals surface area contributed by atoms with Crippen LogP contribution in [0.2, 0.25) is 0 Å². The van der Waals surface area contributed by atoms with Crippen molar-refractivity contribution in [3.8, 4) is 0 Å². The van der Waals surface area contributed by atoms with E-state index in [1.54, 1.807) is 0 Å². The molecule has 1 rings (SSSR count). The molecule has 5 heteroatoms. The summed E-state index contributed by atoms with van der Waals surface area (Å²) in [5.41, 5.74) is 0. The molecule has 0 amide bonds. The Kier molecular flexibility index (Phi) is 11.1. The van der Waals surface area contributed by atoms with Gasteiger partial charge in [-0.1, -0.05) is 23.6 Å². The van der Waals surface area contributed by atoms with Crippen LogP contribution in [0.5, 0.6) is 0 Å². The van der Waals surface area contributed by atoms with E-state index in [9.17, 15) is 0 Å². The van der Waals surface area contributed by atoms with Gasteiger partial charge in [0.15, 0.2) is 0 Å². The molecule has 1 aliphatic rings. The van der Waals surface area contributed by atoms with Gasteiger partial charge in [-0.25, -0.2) is 0 Å². The van der Waals surface area contributed by atoms with Gasteiger partial charge in [0.05, 0.1) is 0 Å². The van der Waals surface area contributed by atoms with Crippen LogP contribution in [-0.2, 0) is 12.6 Å². The van der Waals surface area contributed by atoms with Crippen molar-refractivity contribution in [1.82, 2.24) is 4.90 Å². The van der Waals surface area contributed by atoms with Crippen LogP contribution in [0.25, 0.3) is 0 Å². The molecule has 1 fully saturated rings. The molecule has 0 unspecified atom stereocenters. The van der Waals surface area contributed by atoms with E-state index >= 15 is 0 Å². The molecule has 1 nitrogen and oxygen atoms in total. The van der Waals surface area contributed by atoms with Crippen molar-refractivity contribution >= 4 is 48.0 Å². The minimum absolute atomic E-state index is 0. The molecule has 0 aliphatic heterocycles. The van der Waals surface area contributed by atoms with Crippen LogP contribution in [0.4, 0.5) is 0 Å². The molecule has 13 heavy (non-hydrogen) atoms. The maximum absolute atomic E-state index is 4.88. The molecule has 0 heterocycles. The van der Waals surface area contributed by atoms with Crippen LogP contribution in [0.15, 0.2) is 0 Å². The van der Waals surface area contributed by atoms with Gasteiger partial charge < -0.3 is 29.7 Å². The Hall–Kier alpha value is 1.30. The molecular weight excluding hydrogens is 188 g/mol. The average Bonchev–Trinajstić information content (AvgIpc) is 2.05. The minimum atomic E-state index is 0. The van der Waals surface area contributed by atoms with Gasteiger partial charge in [0.1, 0.15) is 0 Å². The van der Waals surface area contributed by atoms with Crippen molar-refractivity contribution < 1.29 is 18.9 Å². The summed E-state index contributed by atoms with van der Waals surface area (Å²) in [7, 11) is 3.85. The second-order valence-electron chi connectivity index (χ2n) is 3.03. The summed E-state index contributed by atoms with van der Waals surface area (Å²) in [5, 5.41) is 0. The number of rotatable bonds is 1. The molecule has 1 saturated carbocycles. The van der Waals surface area contributed by atoms with Crippen LogP contribution in [0.3, 0.4) is 0 Å². The number of hydrogen-bond acceptors (Lipinski definition) is 2. The Morgan fingerprint density at radius 3 is 2.15 bits per heavy atom. The third-order valence-electron chi connectivity index (χ3n) is 2.25. The van der Waals surface area contributed by atoms with Crippen molar-refractivity contribution in [3.05, 3.63) is 7.05 Å². The van der Waals surface area contributed by atoms with E-state index < -0.39 is 0 Å². The Bertz CT molecular complexity index is 149. The van der Waals surface area contributed by atoms with E-state index in [0.717, 1.165) is 0 Å². The Morgan fingerprint density at radius 1 is 1.31 bits per heavy atom. The molecule has 1 aliphatic carbocycles. The molecule has 0 aromatic heterocycles.